The molecule has 8 heteroatoms. The monoisotopic (exact) mass is 478 g/mol. The molecule has 1 atom stereocenters. The number of ether oxygens (including phenoxy) is 1. The first-order chi connectivity index (χ1) is 16.0. The van der Waals surface area contributed by atoms with Gasteiger partial charge in [0.05, 0.1) is 12.1 Å². The fourth-order valence-electron chi connectivity index (χ4n) is 3.36. The van der Waals surface area contributed by atoms with E-state index in [9.17, 15) is 4.79 Å². The van der Waals surface area contributed by atoms with Gasteiger partial charge in [-0.05, 0) is 42.0 Å². The van der Waals surface area contributed by atoms with Crippen LogP contribution in [0.15, 0.2) is 84.0 Å². The van der Waals surface area contributed by atoms with Gasteiger partial charge in [0.1, 0.15) is 11.0 Å². The number of carbonyl (C=O) groups excluding carboxylic acids is 1. The lowest BCUT2D eigenvalue weighted by molar-refractivity contribution is -0.128. The third kappa shape index (κ3) is 4.89. The summed E-state index contributed by atoms with van der Waals surface area (Å²) in [6, 6.07) is 24.8. The maximum Gasteiger partial charge on any atom is 0.240 e. The second kappa shape index (κ2) is 10.1. The van der Waals surface area contributed by atoms with Crippen LogP contribution in [-0.2, 0) is 4.79 Å². The van der Waals surface area contributed by atoms with E-state index in [0.29, 0.717) is 16.0 Å². The van der Waals surface area contributed by atoms with Gasteiger partial charge in [-0.2, -0.15) is 0 Å². The first kappa shape index (κ1) is 22.9. The van der Waals surface area contributed by atoms with Crippen molar-refractivity contribution in [3.63, 3.8) is 0 Å². The Labute approximate surface area is 202 Å². The lowest BCUT2D eigenvalue weighted by atomic mass is 10.1. The third-order valence-corrected chi connectivity index (χ3v) is 6.58. The normalized spacial score (nSPS) is 11.8. The molecule has 4 aromatic rings. The molecule has 0 saturated heterocycles. The van der Waals surface area contributed by atoms with Gasteiger partial charge in [-0.25, -0.2) is 0 Å². The average Bonchev–Trinajstić information content (AvgIpc) is 3.26. The summed E-state index contributed by atoms with van der Waals surface area (Å²) >= 11 is 7.85. The number of nitrogens with zero attached hydrogens (tertiary/aromatic N) is 4. The van der Waals surface area contributed by atoms with Gasteiger partial charge in [0.2, 0.25) is 5.91 Å². The second-order valence-electron chi connectivity index (χ2n) is 7.46. The Balaban J connectivity index is 1.85. The zero-order valence-corrected chi connectivity index (χ0v) is 20.0. The molecular formula is C25H23ClN4O2S. The molecule has 33 heavy (non-hydrogen) atoms. The van der Waals surface area contributed by atoms with E-state index in [2.05, 4.69) is 10.2 Å². The van der Waals surface area contributed by atoms with Crippen molar-refractivity contribution in [3.05, 3.63) is 89.4 Å². The number of benzene rings is 3. The SMILES string of the molecule is COc1ccc(-n2c(SC(C(=O)N(C)C)c3ccccc3)nnc2-c2ccccc2Cl)cc1. The number of likely N-dealkylation sites (N-methyl/N-ethyl adjacent to an activating group) is 1. The summed E-state index contributed by atoms with van der Waals surface area (Å²) in [5, 5.41) is 9.61. The number of hydrogen-bond acceptors (Lipinski definition) is 5. The molecule has 0 spiro atoms. The van der Waals surface area contributed by atoms with Crippen LogP contribution in [0.25, 0.3) is 17.1 Å². The number of aromatic nitrogens is 3. The van der Waals surface area contributed by atoms with Crippen molar-refractivity contribution in [2.75, 3.05) is 21.2 Å². The minimum Gasteiger partial charge on any atom is -0.497 e. The van der Waals surface area contributed by atoms with Crippen LogP contribution >= 0.6 is 23.4 Å². The van der Waals surface area contributed by atoms with E-state index < -0.39 is 5.25 Å². The number of thioether (sulfide) groups is 1. The van der Waals surface area contributed by atoms with E-state index in [0.717, 1.165) is 22.6 Å². The fourth-order valence-corrected chi connectivity index (χ4v) is 4.78. The predicted octanol–water partition coefficient (Wildman–Crippen LogP) is 5.52. The first-order valence-electron chi connectivity index (χ1n) is 10.3. The van der Waals surface area contributed by atoms with Crippen LogP contribution in [0.1, 0.15) is 10.8 Å². The summed E-state index contributed by atoms with van der Waals surface area (Å²) in [6.45, 7) is 0. The molecule has 0 aliphatic heterocycles. The molecule has 3 aromatic carbocycles. The van der Waals surface area contributed by atoms with E-state index in [1.54, 1.807) is 26.1 Å². The lowest BCUT2D eigenvalue weighted by Crippen LogP contribution is -2.27. The van der Waals surface area contributed by atoms with Gasteiger partial charge in [-0.1, -0.05) is 65.8 Å². The topological polar surface area (TPSA) is 60.2 Å². The van der Waals surface area contributed by atoms with Crippen molar-refractivity contribution in [2.24, 2.45) is 0 Å². The molecule has 168 valence electrons. The van der Waals surface area contributed by atoms with Crippen LogP contribution in [0.4, 0.5) is 0 Å². The quantitative estimate of drug-likeness (QED) is 0.327. The second-order valence-corrected chi connectivity index (χ2v) is 8.94. The van der Waals surface area contributed by atoms with E-state index in [4.69, 9.17) is 16.3 Å². The molecule has 0 N–H and O–H groups in total. The Morgan fingerprint density at radius 3 is 2.27 bits per heavy atom. The Morgan fingerprint density at radius 2 is 1.64 bits per heavy atom. The average molecular weight is 479 g/mol. The fraction of sp³-hybridized carbons (Fsp3) is 0.160. The van der Waals surface area contributed by atoms with Crippen LogP contribution in [0, 0.1) is 0 Å². The standard InChI is InChI=1S/C25H23ClN4O2S/c1-29(2)24(31)22(17-9-5-4-6-10-17)33-25-28-27-23(20-11-7-8-12-21(20)26)30(25)18-13-15-19(32-3)16-14-18/h4-16,22H,1-3H3. The molecule has 0 fully saturated rings. The summed E-state index contributed by atoms with van der Waals surface area (Å²) in [6.07, 6.45) is 0. The van der Waals surface area contributed by atoms with Gasteiger partial charge in [0.25, 0.3) is 0 Å². The van der Waals surface area contributed by atoms with Crippen LogP contribution in [0.2, 0.25) is 5.02 Å². The number of carbonyl (C=O) groups is 1. The Hall–Kier alpha value is -3.29. The Kier molecular flexibility index (Phi) is 7.01. The molecule has 1 aromatic heterocycles. The molecule has 4 rings (SSSR count). The van der Waals surface area contributed by atoms with E-state index >= 15 is 0 Å². The molecule has 6 nitrogen and oxygen atoms in total. The van der Waals surface area contributed by atoms with E-state index in [1.165, 1.54) is 11.8 Å². The minimum atomic E-state index is -0.485. The van der Waals surface area contributed by atoms with Crippen molar-refractivity contribution in [3.8, 4) is 22.8 Å². The molecule has 1 unspecified atom stereocenters. The van der Waals surface area contributed by atoms with Gasteiger partial charge in [0.15, 0.2) is 11.0 Å². The highest BCUT2D eigenvalue weighted by Crippen LogP contribution is 2.39. The number of rotatable bonds is 7. The zero-order valence-electron chi connectivity index (χ0n) is 18.5. The van der Waals surface area contributed by atoms with Crippen LogP contribution in [0.5, 0.6) is 5.75 Å². The van der Waals surface area contributed by atoms with Gasteiger partial charge in [-0.15, -0.1) is 10.2 Å². The van der Waals surface area contributed by atoms with Crippen molar-refractivity contribution in [1.82, 2.24) is 19.7 Å². The third-order valence-electron chi connectivity index (χ3n) is 5.07. The maximum atomic E-state index is 13.1. The van der Waals surface area contributed by atoms with Crippen molar-refractivity contribution in [2.45, 2.75) is 10.4 Å². The molecule has 0 bridgehead atoms. The number of hydrogen-bond donors (Lipinski definition) is 0. The number of halogens is 1. The zero-order chi connectivity index (χ0) is 23.4. The van der Waals surface area contributed by atoms with E-state index in [-0.39, 0.29) is 5.91 Å². The van der Waals surface area contributed by atoms with Gasteiger partial charge < -0.3 is 9.64 Å². The number of methoxy groups -OCH3 is 1. The Morgan fingerprint density at radius 1 is 0.970 bits per heavy atom. The maximum absolute atomic E-state index is 13.1. The highest BCUT2D eigenvalue weighted by molar-refractivity contribution is 8.00. The van der Waals surface area contributed by atoms with Crippen molar-refractivity contribution in [1.29, 1.82) is 0 Å². The van der Waals surface area contributed by atoms with E-state index in [1.807, 2.05) is 83.4 Å². The molecule has 1 amide bonds. The smallest absolute Gasteiger partial charge is 0.240 e. The van der Waals surface area contributed by atoms with Crippen molar-refractivity contribution < 1.29 is 9.53 Å². The molecular weight excluding hydrogens is 456 g/mol. The van der Waals surface area contributed by atoms with Gasteiger partial charge in [-0.3, -0.25) is 9.36 Å². The molecule has 0 radical (unpaired) electrons. The molecule has 0 aliphatic carbocycles. The van der Waals surface area contributed by atoms with Crippen LogP contribution < -0.4 is 4.74 Å². The minimum absolute atomic E-state index is 0.0326. The molecule has 1 heterocycles. The first-order valence-corrected chi connectivity index (χ1v) is 11.5. The number of amides is 1. The Bertz CT molecular complexity index is 1240. The largest absolute Gasteiger partial charge is 0.497 e. The predicted molar refractivity (Wildman–Crippen MR) is 132 cm³/mol. The van der Waals surface area contributed by atoms with Crippen LogP contribution in [0.3, 0.4) is 0 Å². The highest BCUT2D eigenvalue weighted by Gasteiger charge is 2.28. The molecule has 0 aliphatic rings. The summed E-state index contributed by atoms with van der Waals surface area (Å²) in [4.78, 5) is 14.7. The van der Waals surface area contributed by atoms with Crippen LogP contribution in [-0.4, -0.2) is 46.8 Å². The summed E-state index contributed by atoms with van der Waals surface area (Å²) in [7, 11) is 5.13. The lowest BCUT2D eigenvalue weighted by Gasteiger charge is -2.21. The van der Waals surface area contributed by atoms with Gasteiger partial charge >= 0.3 is 0 Å². The summed E-state index contributed by atoms with van der Waals surface area (Å²) in [5.74, 6) is 1.30. The highest BCUT2D eigenvalue weighted by atomic mass is 35.5. The molecule has 0 saturated carbocycles. The van der Waals surface area contributed by atoms with Crippen molar-refractivity contribution >= 4 is 29.3 Å². The summed E-state index contributed by atoms with van der Waals surface area (Å²) in [5.41, 5.74) is 2.48. The summed E-state index contributed by atoms with van der Waals surface area (Å²) < 4.78 is 7.23. The van der Waals surface area contributed by atoms with Gasteiger partial charge in [0, 0.05) is 25.3 Å².